The molecule has 0 N–H and O–H groups in total. The Labute approximate surface area is 141 Å². The van der Waals surface area contributed by atoms with E-state index in [0.717, 1.165) is 42.5 Å². The smallest absolute Gasteiger partial charge is 0.330 e. The second-order valence-corrected chi connectivity index (χ2v) is 6.15. The van der Waals surface area contributed by atoms with Gasteiger partial charge >= 0.3 is 5.97 Å². The topological polar surface area (TPSA) is 26.3 Å². The minimum absolute atomic E-state index is 0.260. The van der Waals surface area contributed by atoms with Crippen LogP contribution in [0.4, 0.5) is 0 Å². The monoisotopic (exact) mass is 318 g/mol. The summed E-state index contributed by atoms with van der Waals surface area (Å²) in [5.41, 5.74) is 1.01. The molecule has 0 aliphatic heterocycles. The molecule has 2 atom stereocenters. The maximum Gasteiger partial charge on any atom is 0.330 e. The van der Waals surface area contributed by atoms with E-state index in [0.29, 0.717) is 12.6 Å². The Hall–Kier alpha value is -1.61. The summed E-state index contributed by atoms with van der Waals surface area (Å²) in [4.78, 5) is 11.9. The van der Waals surface area contributed by atoms with Crippen molar-refractivity contribution in [2.75, 3.05) is 26.2 Å². The van der Waals surface area contributed by atoms with Crippen molar-refractivity contribution in [2.24, 2.45) is 0 Å². The van der Waals surface area contributed by atoms with Crippen LogP contribution < -0.4 is 0 Å². The van der Waals surface area contributed by atoms with Crippen molar-refractivity contribution in [2.45, 2.75) is 46.6 Å². The van der Waals surface area contributed by atoms with E-state index in [4.69, 9.17) is 4.74 Å². The van der Waals surface area contributed by atoms with Gasteiger partial charge in [0, 0.05) is 6.08 Å². The first-order valence-corrected chi connectivity index (χ1v) is 8.83. The normalized spacial score (nSPS) is 15.3. The zero-order valence-corrected chi connectivity index (χ0v) is 15.1. The van der Waals surface area contributed by atoms with Gasteiger partial charge in [0.2, 0.25) is 0 Å². The number of nitrogens with zero attached hydrogens (tertiary/aromatic N) is 1. The van der Waals surface area contributed by atoms with Gasteiger partial charge in [-0.15, -0.1) is 0 Å². The van der Waals surface area contributed by atoms with Crippen LogP contribution in [-0.4, -0.2) is 42.7 Å². The number of benzene rings is 1. The van der Waals surface area contributed by atoms with Crippen molar-refractivity contribution in [3.63, 3.8) is 0 Å². The standard InChI is InChI=1S/C20H32NO2/c1-5-15-21(7-3,18(4)6-2)16-17-23-20(22)14-13-19-11-9-8-10-12-19/h8-14,18H,5-7,15-17H2,1-4H3/q+1/b14-13+. The highest BCUT2D eigenvalue weighted by Gasteiger charge is 2.30. The summed E-state index contributed by atoms with van der Waals surface area (Å²) in [6.45, 7) is 12.6. The van der Waals surface area contributed by atoms with Gasteiger partial charge in [-0.3, -0.25) is 0 Å². The molecule has 1 rings (SSSR count). The predicted octanol–water partition coefficient (Wildman–Crippen LogP) is 4.29. The SMILES string of the molecule is CCC[N+](CC)(CCOC(=O)/C=C/c1ccccc1)C(C)CC. The lowest BCUT2D eigenvalue weighted by molar-refractivity contribution is -0.948. The molecule has 0 saturated carbocycles. The lowest BCUT2D eigenvalue weighted by atomic mass is 10.1. The summed E-state index contributed by atoms with van der Waals surface area (Å²) in [6, 6.07) is 10.4. The Morgan fingerprint density at radius 3 is 2.43 bits per heavy atom. The first-order valence-electron chi connectivity index (χ1n) is 8.83. The average molecular weight is 318 g/mol. The Morgan fingerprint density at radius 1 is 1.17 bits per heavy atom. The van der Waals surface area contributed by atoms with Crippen LogP contribution in [-0.2, 0) is 9.53 Å². The van der Waals surface area contributed by atoms with E-state index in [-0.39, 0.29) is 5.97 Å². The fraction of sp³-hybridized carbons (Fsp3) is 0.550. The lowest BCUT2D eigenvalue weighted by Crippen LogP contribution is -2.56. The van der Waals surface area contributed by atoms with E-state index < -0.39 is 0 Å². The van der Waals surface area contributed by atoms with E-state index in [1.54, 1.807) is 6.08 Å². The zero-order valence-electron chi connectivity index (χ0n) is 15.1. The van der Waals surface area contributed by atoms with Crippen molar-refractivity contribution in [1.82, 2.24) is 0 Å². The van der Waals surface area contributed by atoms with Gasteiger partial charge in [0.1, 0.15) is 13.2 Å². The molecule has 0 aromatic heterocycles. The van der Waals surface area contributed by atoms with E-state index in [1.165, 1.54) is 6.08 Å². The third kappa shape index (κ3) is 6.19. The van der Waals surface area contributed by atoms with Gasteiger partial charge in [0.15, 0.2) is 0 Å². The molecule has 0 aliphatic rings. The number of likely N-dealkylation sites (N-methyl/N-ethyl adjacent to an activating group) is 1. The van der Waals surface area contributed by atoms with Gasteiger partial charge in [-0.05, 0) is 38.3 Å². The van der Waals surface area contributed by atoms with Crippen molar-refractivity contribution >= 4 is 12.0 Å². The molecule has 3 nitrogen and oxygen atoms in total. The molecule has 23 heavy (non-hydrogen) atoms. The molecule has 0 aliphatic carbocycles. The molecular weight excluding hydrogens is 286 g/mol. The Bertz CT molecular complexity index is 484. The molecular formula is C20H32NO2+. The van der Waals surface area contributed by atoms with Gasteiger partial charge in [-0.2, -0.15) is 0 Å². The first kappa shape index (κ1) is 19.4. The highest BCUT2D eigenvalue weighted by molar-refractivity contribution is 5.86. The van der Waals surface area contributed by atoms with Crippen LogP contribution >= 0.6 is 0 Å². The van der Waals surface area contributed by atoms with Crippen LogP contribution in [0.3, 0.4) is 0 Å². The van der Waals surface area contributed by atoms with Gasteiger partial charge in [0.05, 0.1) is 19.1 Å². The molecule has 0 saturated heterocycles. The van der Waals surface area contributed by atoms with E-state index in [1.807, 2.05) is 30.3 Å². The average Bonchev–Trinajstić information content (AvgIpc) is 2.59. The molecule has 0 bridgehead atoms. The number of carbonyl (C=O) groups excluding carboxylic acids is 1. The van der Waals surface area contributed by atoms with Crippen LogP contribution in [0.25, 0.3) is 6.08 Å². The molecule has 1 aromatic carbocycles. The second kappa shape index (κ2) is 10.2. The first-order chi connectivity index (χ1) is 11.1. The van der Waals surface area contributed by atoms with E-state index in [9.17, 15) is 4.79 Å². The van der Waals surface area contributed by atoms with Gasteiger partial charge < -0.3 is 9.22 Å². The molecule has 0 spiro atoms. The third-order valence-electron chi connectivity index (χ3n) is 4.82. The molecule has 3 heteroatoms. The summed E-state index contributed by atoms with van der Waals surface area (Å²) in [6.07, 6.45) is 5.61. The van der Waals surface area contributed by atoms with Crippen LogP contribution in [0.5, 0.6) is 0 Å². The molecule has 0 amide bonds. The third-order valence-corrected chi connectivity index (χ3v) is 4.82. The maximum absolute atomic E-state index is 11.9. The van der Waals surface area contributed by atoms with Gasteiger partial charge in [-0.25, -0.2) is 4.79 Å². The highest BCUT2D eigenvalue weighted by atomic mass is 16.5. The number of carbonyl (C=O) groups is 1. The number of hydrogen-bond acceptors (Lipinski definition) is 2. The summed E-state index contributed by atoms with van der Waals surface area (Å²) in [5, 5.41) is 0. The number of rotatable bonds is 10. The second-order valence-electron chi connectivity index (χ2n) is 6.15. The summed E-state index contributed by atoms with van der Waals surface area (Å²) in [7, 11) is 0. The van der Waals surface area contributed by atoms with Gasteiger partial charge in [-0.1, -0.05) is 44.2 Å². The molecule has 2 unspecified atom stereocenters. The Balaban J connectivity index is 2.52. The predicted molar refractivity (Wildman–Crippen MR) is 97.0 cm³/mol. The van der Waals surface area contributed by atoms with Crippen molar-refractivity contribution in [3.05, 3.63) is 42.0 Å². The van der Waals surface area contributed by atoms with Crippen molar-refractivity contribution in [1.29, 1.82) is 0 Å². The van der Waals surface area contributed by atoms with E-state index in [2.05, 4.69) is 27.7 Å². The van der Waals surface area contributed by atoms with Crippen LogP contribution in [0.2, 0.25) is 0 Å². The fourth-order valence-corrected chi connectivity index (χ4v) is 3.12. The maximum atomic E-state index is 11.9. The van der Waals surface area contributed by atoms with Crippen molar-refractivity contribution < 1.29 is 14.0 Å². The van der Waals surface area contributed by atoms with Crippen molar-refractivity contribution in [3.8, 4) is 0 Å². The van der Waals surface area contributed by atoms with Crippen LogP contribution in [0, 0.1) is 0 Å². The minimum Gasteiger partial charge on any atom is -0.457 e. The van der Waals surface area contributed by atoms with Crippen LogP contribution in [0.15, 0.2) is 36.4 Å². The quantitative estimate of drug-likeness (QED) is 0.365. The summed E-state index contributed by atoms with van der Waals surface area (Å²) < 4.78 is 6.45. The summed E-state index contributed by atoms with van der Waals surface area (Å²) >= 11 is 0. The number of hydrogen-bond donors (Lipinski definition) is 0. The Kier molecular flexibility index (Phi) is 8.64. The number of ether oxygens (including phenoxy) is 1. The molecule has 1 aromatic rings. The number of quaternary nitrogens is 1. The van der Waals surface area contributed by atoms with E-state index >= 15 is 0 Å². The molecule has 128 valence electrons. The molecule has 0 fully saturated rings. The minimum atomic E-state index is -0.260. The highest BCUT2D eigenvalue weighted by Crippen LogP contribution is 2.17. The Morgan fingerprint density at radius 2 is 1.87 bits per heavy atom. The zero-order chi connectivity index (χ0) is 17.1. The van der Waals surface area contributed by atoms with Gasteiger partial charge in [0.25, 0.3) is 0 Å². The largest absolute Gasteiger partial charge is 0.457 e. The fourth-order valence-electron chi connectivity index (χ4n) is 3.12. The molecule has 0 heterocycles. The lowest BCUT2D eigenvalue weighted by Gasteiger charge is -2.42. The number of esters is 1. The van der Waals surface area contributed by atoms with Crippen LogP contribution in [0.1, 0.15) is 46.1 Å². The molecule has 0 radical (unpaired) electrons. The summed E-state index contributed by atoms with van der Waals surface area (Å²) in [5.74, 6) is -0.260.